The van der Waals surface area contributed by atoms with Gasteiger partial charge in [0.2, 0.25) is 0 Å². The Hall–Kier alpha value is -0.310. The summed E-state index contributed by atoms with van der Waals surface area (Å²) in [5.74, 6) is -0.496. The monoisotopic (exact) mass is 662 g/mol. The molecule has 0 saturated carbocycles. The first-order valence-electron chi connectivity index (χ1n) is 13.1. The summed E-state index contributed by atoms with van der Waals surface area (Å²) in [4.78, 5) is 1.74. The molecule has 218 valence electrons. The third kappa shape index (κ3) is 8.98. The number of benzene rings is 2. The van der Waals surface area contributed by atoms with Crippen LogP contribution in [0, 0.1) is 13.0 Å². The number of fused-ring (bicyclic) bond motifs is 2. The quantitative estimate of drug-likeness (QED) is 0.0874. The van der Waals surface area contributed by atoms with Gasteiger partial charge in [-0.15, -0.1) is 12.6 Å². The largest absolute Gasteiger partial charge is 1.00 e. The van der Waals surface area contributed by atoms with Gasteiger partial charge in [0.05, 0.1) is 10.6 Å². The van der Waals surface area contributed by atoms with E-state index in [1.807, 2.05) is 91.8 Å². The van der Waals surface area contributed by atoms with E-state index in [1.54, 1.807) is 12.1 Å². The minimum absolute atomic E-state index is 0. The molecule has 0 spiro atoms. The summed E-state index contributed by atoms with van der Waals surface area (Å²) in [6.07, 6.45) is 13.2. The smallest absolute Gasteiger partial charge is 0.748 e. The number of rotatable bonds is 9. The van der Waals surface area contributed by atoms with Crippen molar-refractivity contribution in [2.75, 3.05) is 23.7 Å². The fraction of sp³-hybridized carbons (Fsp3) is 0.290. The van der Waals surface area contributed by atoms with Crippen molar-refractivity contribution >= 4 is 37.3 Å². The molecule has 2 aromatic rings. The Balaban J connectivity index is 0.00000323. The molecular formula is C31H33N2Na3O6S2. The van der Waals surface area contributed by atoms with Crippen LogP contribution in [0.25, 0.3) is 0 Å². The predicted octanol–water partition coefficient (Wildman–Crippen LogP) is -4.49. The summed E-state index contributed by atoms with van der Waals surface area (Å²) in [5.41, 5.74) is 4.29. The molecule has 2 aliphatic heterocycles. The first-order valence-corrected chi connectivity index (χ1v) is 16.1. The van der Waals surface area contributed by atoms with Crippen LogP contribution in [-0.2, 0) is 31.1 Å². The minimum atomic E-state index is -4.57. The molecular weight excluding hydrogens is 629 g/mol. The average molecular weight is 663 g/mol. The average Bonchev–Trinajstić information content (AvgIpc) is 3.24. The molecule has 13 heteroatoms. The van der Waals surface area contributed by atoms with Crippen LogP contribution < -0.4 is 93.6 Å². The van der Waals surface area contributed by atoms with Gasteiger partial charge in [-0.3, -0.25) is 0 Å². The summed E-state index contributed by atoms with van der Waals surface area (Å²) < 4.78 is 70.6. The number of hydrogen-bond acceptors (Lipinski definition) is 7. The van der Waals surface area contributed by atoms with E-state index in [0.717, 1.165) is 33.9 Å². The molecule has 8 nitrogen and oxygen atoms in total. The van der Waals surface area contributed by atoms with Crippen LogP contribution in [0.15, 0.2) is 89.5 Å². The molecule has 2 aliphatic rings. The Bertz CT molecular complexity index is 1740. The molecule has 0 fully saturated rings. The Kier molecular flexibility index (Phi) is 15.4. The number of hydrogen-bond donors (Lipinski definition) is 0. The van der Waals surface area contributed by atoms with Crippen LogP contribution in [0.1, 0.15) is 38.8 Å². The molecule has 0 saturated heterocycles. The maximum atomic E-state index is 11.6. The number of allylic oxidation sites excluding steroid dienone is 8. The Labute approximate surface area is 328 Å². The molecule has 0 aromatic heterocycles. The standard InChI is InChI=1S/C31H35N2O6S2.3Na/c1-6-32-27-19-18-23(41(37,38)39)22-25(27)31(4,5)28(32)16-10-8-7-9-11-17-29-30(2,3)24-14-12-13-15-26(24)33(29)20-21-40(34,35)36;;;/h7-11,13-19,22H,1,6,20-21H2,2-5H3,(H,34,35,36)(H,37,38,39);;;/q-1;3*+1/p-2. The van der Waals surface area contributed by atoms with Crippen molar-refractivity contribution in [3.8, 4) is 0 Å². The van der Waals surface area contributed by atoms with Gasteiger partial charge in [0, 0.05) is 28.3 Å². The van der Waals surface area contributed by atoms with Gasteiger partial charge in [0.25, 0.3) is 0 Å². The molecule has 0 amide bonds. The predicted molar refractivity (Wildman–Crippen MR) is 158 cm³/mol. The van der Waals surface area contributed by atoms with Crippen LogP contribution in [0.3, 0.4) is 0 Å². The molecule has 0 bridgehead atoms. The SMILES string of the molecule is [CH2-]CN1/C(=C/C=C/C=C/C=C/C2=[N+](CCS(=O)(=O)[O-])c3cc[c-]cc3C2(C)C)C(C)(C)c2cc(S(=O)(=O)[O-])ccc21.[Na+].[Na+].[Na+]. The summed E-state index contributed by atoms with van der Waals surface area (Å²) in [6, 6.07) is 13.0. The molecule has 0 N–H and O–H groups in total. The first-order chi connectivity index (χ1) is 19.1. The van der Waals surface area contributed by atoms with Crippen LogP contribution in [0.4, 0.5) is 11.4 Å². The van der Waals surface area contributed by atoms with E-state index >= 15 is 0 Å². The van der Waals surface area contributed by atoms with E-state index in [0.29, 0.717) is 6.54 Å². The zero-order valence-corrected chi connectivity index (χ0v) is 34.1. The van der Waals surface area contributed by atoms with E-state index < -0.39 is 36.8 Å². The van der Waals surface area contributed by atoms with Crippen LogP contribution in [0.5, 0.6) is 0 Å². The zero-order chi connectivity index (χ0) is 30.2. The van der Waals surface area contributed by atoms with Gasteiger partial charge in [-0.05, 0) is 29.8 Å². The normalized spacial score (nSPS) is 18.0. The van der Waals surface area contributed by atoms with Crippen molar-refractivity contribution in [3.63, 3.8) is 0 Å². The molecule has 2 aromatic carbocycles. The fourth-order valence-electron chi connectivity index (χ4n) is 5.54. The van der Waals surface area contributed by atoms with Gasteiger partial charge in [-0.1, -0.05) is 63.6 Å². The maximum Gasteiger partial charge on any atom is 1.00 e. The topological polar surface area (TPSA) is 121 Å². The van der Waals surface area contributed by atoms with Gasteiger partial charge in [0.1, 0.15) is 25.9 Å². The minimum Gasteiger partial charge on any atom is -0.748 e. The van der Waals surface area contributed by atoms with E-state index in [1.165, 1.54) is 12.1 Å². The van der Waals surface area contributed by atoms with E-state index in [2.05, 4.69) is 13.0 Å². The van der Waals surface area contributed by atoms with E-state index in [4.69, 9.17) is 0 Å². The number of anilines is 1. The van der Waals surface area contributed by atoms with Crippen molar-refractivity contribution in [2.45, 2.75) is 43.4 Å². The fourth-order valence-corrected chi connectivity index (χ4v) is 6.45. The van der Waals surface area contributed by atoms with Crippen LogP contribution in [-0.4, -0.2) is 55.1 Å². The molecule has 44 heavy (non-hydrogen) atoms. The van der Waals surface area contributed by atoms with E-state index in [-0.39, 0.29) is 100 Å². The zero-order valence-electron chi connectivity index (χ0n) is 26.5. The van der Waals surface area contributed by atoms with Crippen molar-refractivity contribution in [3.05, 3.63) is 109 Å². The molecule has 2 heterocycles. The third-order valence-corrected chi connectivity index (χ3v) is 9.14. The van der Waals surface area contributed by atoms with Crippen molar-refractivity contribution < 1.29 is 119 Å². The molecule has 0 aliphatic carbocycles. The Morgan fingerprint density at radius 3 is 2.16 bits per heavy atom. The van der Waals surface area contributed by atoms with Gasteiger partial charge in [-0.2, -0.15) is 18.2 Å². The maximum absolute atomic E-state index is 11.6. The second kappa shape index (κ2) is 16.2. The Morgan fingerprint density at radius 1 is 0.909 bits per heavy atom. The van der Waals surface area contributed by atoms with Gasteiger partial charge in [0.15, 0.2) is 12.3 Å². The van der Waals surface area contributed by atoms with Gasteiger partial charge in [-0.25, -0.2) is 21.4 Å². The van der Waals surface area contributed by atoms with Crippen LogP contribution in [0.2, 0.25) is 0 Å². The first kappa shape index (κ1) is 41.7. The second-order valence-electron chi connectivity index (χ2n) is 11.0. The summed E-state index contributed by atoms with van der Waals surface area (Å²) in [7, 11) is -8.94. The third-order valence-electron chi connectivity index (χ3n) is 7.63. The number of nitrogens with zero attached hydrogens (tertiary/aromatic N) is 2. The van der Waals surface area contributed by atoms with Gasteiger partial charge < -0.3 is 20.9 Å². The molecule has 4 rings (SSSR count). The molecule has 0 radical (unpaired) electrons. The van der Waals surface area contributed by atoms with Crippen molar-refractivity contribution in [1.29, 1.82) is 0 Å². The van der Waals surface area contributed by atoms with Gasteiger partial charge >= 0.3 is 88.7 Å². The van der Waals surface area contributed by atoms with E-state index in [9.17, 15) is 25.9 Å². The molecule has 0 atom stereocenters. The second-order valence-corrected chi connectivity index (χ2v) is 13.9. The van der Waals surface area contributed by atoms with Crippen molar-refractivity contribution in [2.24, 2.45) is 0 Å². The summed E-state index contributed by atoms with van der Waals surface area (Å²) in [6.45, 7) is 12.5. The summed E-state index contributed by atoms with van der Waals surface area (Å²) >= 11 is 0. The van der Waals surface area contributed by atoms with Crippen molar-refractivity contribution in [1.82, 2.24) is 0 Å². The molecule has 0 unspecified atom stereocenters. The summed E-state index contributed by atoms with van der Waals surface area (Å²) in [5, 5.41) is 0. The Morgan fingerprint density at radius 2 is 1.55 bits per heavy atom. The van der Waals surface area contributed by atoms with Crippen LogP contribution >= 0.6 is 0 Å².